The molecular formula is C20H23ClN2O3. The van der Waals surface area contributed by atoms with Gasteiger partial charge in [-0.3, -0.25) is 4.99 Å². The van der Waals surface area contributed by atoms with E-state index in [9.17, 15) is 5.11 Å². The SMILES string of the molecule is CC1(Cl)C=Nc2cccc(OCC(O)CNCCOc3ccccc3)c21. The molecule has 0 aromatic heterocycles. The molecule has 0 saturated heterocycles. The zero-order chi connectivity index (χ0) is 18.4. The van der Waals surface area contributed by atoms with E-state index in [0.717, 1.165) is 17.0 Å². The number of nitrogens with zero attached hydrogens (tertiary/aromatic N) is 1. The van der Waals surface area contributed by atoms with Crippen molar-refractivity contribution in [3.05, 3.63) is 54.1 Å². The summed E-state index contributed by atoms with van der Waals surface area (Å²) in [6.45, 7) is 3.64. The van der Waals surface area contributed by atoms with Crippen LogP contribution in [0.5, 0.6) is 11.5 Å². The molecule has 0 radical (unpaired) electrons. The number of nitrogens with one attached hydrogen (secondary N) is 1. The fraction of sp³-hybridized carbons (Fsp3) is 0.350. The average Bonchev–Trinajstić information content (AvgIpc) is 2.96. The maximum absolute atomic E-state index is 10.1. The molecule has 3 rings (SSSR count). The second kappa shape index (κ2) is 8.54. The Labute approximate surface area is 158 Å². The number of para-hydroxylation sites is 1. The molecule has 1 aliphatic heterocycles. The van der Waals surface area contributed by atoms with Gasteiger partial charge in [-0.15, -0.1) is 11.6 Å². The molecule has 0 fully saturated rings. The fourth-order valence-electron chi connectivity index (χ4n) is 2.77. The smallest absolute Gasteiger partial charge is 0.126 e. The van der Waals surface area contributed by atoms with E-state index in [2.05, 4.69) is 10.3 Å². The van der Waals surface area contributed by atoms with Gasteiger partial charge in [-0.25, -0.2) is 0 Å². The Morgan fingerprint density at radius 1 is 1.15 bits per heavy atom. The van der Waals surface area contributed by atoms with Gasteiger partial charge in [-0.1, -0.05) is 24.3 Å². The second-order valence-electron chi connectivity index (χ2n) is 6.31. The molecule has 1 heterocycles. The second-order valence-corrected chi connectivity index (χ2v) is 7.10. The molecular weight excluding hydrogens is 352 g/mol. The largest absolute Gasteiger partial charge is 0.492 e. The molecule has 0 aliphatic carbocycles. The van der Waals surface area contributed by atoms with Crippen molar-refractivity contribution in [1.29, 1.82) is 0 Å². The van der Waals surface area contributed by atoms with Crippen LogP contribution in [0, 0.1) is 0 Å². The standard InChI is InChI=1S/C20H23ClN2O3/c1-20(21)14-23-17-8-5-9-18(19(17)20)26-13-15(24)12-22-10-11-25-16-6-3-2-4-7-16/h2-9,14-15,22,24H,10-13H2,1H3. The van der Waals surface area contributed by atoms with Crippen molar-refractivity contribution in [3.63, 3.8) is 0 Å². The minimum atomic E-state index is -0.677. The van der Waals surface area contributed by atoms with E-state index in [-0.39, 0.29) is 6.61 Å². The number of rotatable bonds is 9. The highest BCUT2D eigenvalue weighted by Gasteiger charge is 2.32. The molecule has 5 nitrogen and oxygen atoms in total. The molecule has 0 saturated carbocycles. The molecule has 138 valence electrons. The van der Waals surface area contributed by atoms with Gasteiger partial charge < -0.3 is 19.9 Å². The van der Waals surface area contributed by atoms with E-state index < -0.39 is 11.0 Å². The topological polar surface area (TPSA) is 63.1 Å². The van der Waals surface area contributed by atoms with Crippen LogP contribution in [0.4, 0.5) is 5.69 Å². The van der Waals surface area contributed by atoms with Gasteiger partial charge in [0.25, 0.3) is 0 Å². The highest BCUT2D eigenvalue weighted by atomic mass is 35.5. The number of aliphatic imine (C=N–C) groups is 1. The molecule has 2 N–H and O–H groups in total. The van der Waals surface area contributed by atoms with Gasteiger partial charge >= 0.3 is 0 Å². The third kappa shape index (κ3) is 4.75. The van der Waals surface area contributed by atoms with Gasteiger partial charge in [0.1, 0.15) is 35.7 Å². The van der Waals surface area contributed by atoms with Gasteiger partial charge in [0.05, 0.1) is 5.69 Å². The first kappa shape index (κ1) is 18.7. The summed E-state index contributed by atoms with van der Waals surface area (Å²) in [6.07, 6.45) is 1.07. The first-order valence-electron chi connectivity index (χ1n) is 8.63. The number of aliphatic hydroxyl groups is 1. The Bertz CT molecular complexity index is 750. The van der Waals surface area contributed by atoms with Crippen molar-refractivity contribution < 1.29 is 14.6 Å². The van der Waals surface area contributed by atoms with Crippen molar-refractivity contribution >= 4 is 23.5 Å². The molecule has 1 aliphatic rings. The fourth-order valence-corrected chi connectivity index (χ4v) is 3.00. The molecule has 26 heavy (non-hydrogen) atoms. The van der Waals surface area contributed by atoms with E-state index >= 15 is 0 Å². The minimum absolute atomic E-state index is 0.177. The van der Waals surface area contributed by atoms with Gasteiger partial charge in [0.2, 0.25) is 0 Å². The van der Waals surface area contributed by atoms with E-state index in [1.54, 1.807) is 6.21 Å². The Hall–Kier alpha value is -2.08. The van der Waals surface area contributed by atoms with Crippen molar-refractivity contribution in [2.75, 3.05) is 26.3 Å². The van der Waals surface area contributed by atoms with E-state index in [1.165, 1.54) is 0 Å². The number of aliphatic hydroxyl groups excluding tert-OH is 1. The molecule has 6 heteroatoms. The summed E-state index contributed by atoms with van der Waals surface area (Å²) in [6, 6.07) is 15.3. The van der Waals surface area contributed by atoms with Crippen LogP contribution in [0.15, 0.2) is 53.5 Å². The van der Waals surface area contributed by atoms with E-state index in [0.29, 0.717) is 25.4 Å². The number of halogens is 1. The van der Waals surface area contributed by atoms with Gasteiger partial charge in [0, 0.05) is 24.9 Å². The summed E-state index contributed by atoms with van der Waals surface area (Å²) in [7, 11) is 0. The van der Waals surface area contributed by atoms with Crippen LogP contribution < -0.4 is 14.8 Å². The van der Waals surface area contributed by atoms with Crippen LogP contribution in [0.1, 0.15) is 12.5 Å². The van der Waals surface area contributed by atoms with Gasteiger partial charge in [-0.2, -0.15) is 0 Å². The van der Waals surface area contributed by atoms with E-state index in [1.807, 2.05) is 55.5 Å². The van der Waals surface area contributed by atoms with E-state index in [4.69, 9.17) is 21.1 Å². The lowest BCUT2D eigenvalue weighted by molar-refractivity contribution is 0.105. The molecule has 2 atom stereocenters. The Morgan fingerprint density at radius 3 is 2.77 bits per heavy atom. The molecule has 2 aromatic rings. The summed E-state index contributed by atoms with van der Waals surface area (Å²) < 4.78 is 11.4. The monoisotopic (exact) mass is 374 g/mol. The third-order valence-corrected chi connectivity index (χ3v) is 4.33. The van der Waals surface area contributed by atoms with Crippen LogP contribution in [-0.4, -0.2) is 43.7 Å². The molecule has 2 aromatic carbocycles. The third-order valence-electron chi connectivity index (χ3n) is 4.04. The highest BCUT2D eigenvalue weighted by Crippen LogP contribution is 2.45. The van der Waals surface area contributed by atoms with Crippen LogP contribution in [0.25, 0.3) is 0 Å². The van der Waals surface area contributed by atoms with Crippen molar-refractivity contribution in [1.82, 2.24) is 5.32 Å². The molecule has 0 amide bonds. The minimum Gasteiger partial charge on any atom is -0.492 e. The maximum atomic E-state index is 10.1. The predicted molar refractivity (Wildman–Crippen MR) is 104 cm³/mol. The van der Waals surface area contributed by atoms with Crippen LogP contribution >= 0.6 is 11.6 Å². The number of fused-ring (bicyclic) bond motifs is 1. The number of benzene rings is 2. The lowest BCUT2D eigenvalue weighted by atomic mass is 10.0. The summed E-state index contributed by atoms with van der Waals surface area (Å²) in [4.78, 5) is 3.63. The summed E-state index contributed by atoms with van der Waals surface area (Å²) in [5, 5.41) is 13.3. The van der Waals surface area contributed by atoms with Crippen molar-refractivity contribution in [2.45, 2.75) is 17.9 Å². The predicted octanol–water partition coefficient (Wildman–Crippen LogP) is 3.26. The zero-order valence-electron chi connectivity index (χ0n) is 14.7. The average molecular weight is 375 g/mol. The Morgan fingerprint density at radius 2 is 1.96 bits per heavy atom. The first-order valence-corrected chi connectivity index (χ1v) is 9.01. The molecule has 0 spiro atoms. The molecule has 0 bridgehead atoms. The lowest BCUT2D eigenvalue weighted by Crippen LogP contribution is -2.33. The van der Waals surface area contributed by atoms with Crippen LogP contribution in [0.3, 0.4) is 0 Å². The van der Waals surface area contributed by atoms with Crippen molar-refractivity contribution in [2.24, 2.45) is 4.99 Å². The van der Waals surface area contributed by atoms with Gasteiger partial charge in [-0.05, 0) is 31.2 Å². The number of hydrogen-bond acceptors (Lipinski definition) is 5. The maximum Gasteiger partial charge on any atom is 0.126 e. The first-order chi connectivity index (χ1) is 12.6. The quantitative estimate of drug-likeness (QED) is 0.522. The van der Waals surface area contributed by atoms with Crippen LogP contribution in [-0.2, 0) is 4.87 Å². The zero-order valence-corrected chi connectivity index (χ0v) is 15.4. The van der Waals surface area contributed by atoms with Crippen molar-refractivity contribution in [3.8, 4) is 11.5 Å². The summed E-state index contributed by atoms with van der Waals surface area (Å²) in [5.41, 5.74) is 1.66. The number of alkyl halides is 1. The van der Waals surface area contributed by atoms with Crippen LogP contribution in [0.2, 0.25) is 0 Å². The normalized spacial score (nSPS) is 19.2. The summed E-state index contributed by atoms with van der Waals surface area (Å²) >= 11 is 6.47. The number of hydrogen-bond donors (Lipinski definition) is 2. The summed E-state index contributed by atoms with van der Waals surface area (Å²) in [5.74, 6) is 1.49. The Balaban J connectivity index is 1.39. The molecule has 2 unspecified atom stereocenters. The Kier molecular flexibility index (Phi) is 6.14. The van der Waals surface area contributed by atoms with Gasteiger partial charge in [0.15, 0.2) is 0 Å². The highest BCUT2D eigenvalue weighted by molar-refractivity contribution is 6.33. The number of ether oxygens (including phenoxy) is 2. The lowest BCUT2D eigenvalue weighted by Gasteiger charge is -2.19.